The van der Waals surface area contributed by atoms with E-state index < -0.39 is 0 Å². The average Bonchev–Trinajstić information content (AvgIpc) is 3.16. The van der Waals surface area contributed by atoms with Crippen LogP contribution >= 0.6 is 0 Å². The van der Waals surface area contributed by atoms with Crippen LogP contribution in [0, 0.1) is 6.92 Å². The lowest BCUT2D eigenvalue weighted by atomic mass is 10.2. The van der Waals surface area contributed by atoms with Gasteiger partial charge in [-0.05, 0) is 30.3 Å². The molecule has 0 radical (unpaired) electrons. The van der Waals surface area contributed by atoms with Crippen LogP contribution in [0.15, 0.2) is 44.5 Å². The highest BCUT2D eigenvalue weighted by Gasteiger charge is 2.04. The molecule has 3 aromatic rings. The van der Waals surface area contributed by atoms with Crippen molar-refractivity contribution in [3.8, 4) is 5.75 Å². The highest BCUT2D eigenvalue weighted by atomic mass is 16.6. The SMILES string of the molecule is Cc1nonc1N=Nc1ccc(O)c(C=NNc2nncn2N)c1. The minimum atomic E-state index is 0.0213. The summed E-state index contributed by atoms with van der Waals surface area (Å²) < 4.78 is 5.69. The van der Waals surface area contributed by atoms with Gasteiger partial charge in [0.15, 0.2) is 0 Å². The molecule has 0 fully saturated rings. The van der Waals surface area contributed by atoms with Crippen molar-refractivity contribution in [3.05, 3.63) is 35.8 Å². The first-order chi connectivity index (χ1) is 11.6. The molecular formula is C12H12N10O2. The number of nitrogens with two attached hydrogens (primary N) is 1. The molecule has 4 N–H and O–H groups in total. The maximum Gasteiger partial charge on any atom is 0.263 e. The molecule has 0 atom stereocenters. The van der Waals surface area contributed by atoms with Crippen LogP contribution in [0.25, 0.3) is 0 Å². The summed E-state index contributed by atoms with van der Waals surface area (Å²) >= 11 is 0. The number of hydrogen-bond donors (Lipinski definition) is 3. The summed E-state index contributed by atoms with van der Waals surface area (Å²) in [6, 6.07) is 4.64. The van der Waals surface area contributed by atoms with Crippen LogP contribution < -0.4 is 11.3 Å². The zero-order chi connectivity index (χ0) is 16.9. The van der Waals surface area contributed by atoms with Crippen molar-refractivity contribution in [3.63, 3.8) is 0 Å². The van der Waals surface area contributed by atoms with E-state index in [9.17, 15) is 5.11 Å². The van der Waals surface area contributed by atoms with Crippen molar-refractivity contribution < 1.29 is 9.74 Å². The summed E-state index contributed by atoms with van der Waals surface area (Å²) in [7, 11) is 0. The van der Waals surface area contributed by atoms with E-state index in [0.29, 0.717) is 16.9 Å². The molecule has 0 spiro atoms. The third-order valence-corrected chi connectivity index (χ3v) is 2.84. The Hall–Kier alpha value is -3.83. The highest BCUT2D eigenvalue weighted by Crippen LogP contribution is 2.24. The molecule has 0 aliphatic rings. The molecule has 0 bridgehead atoms. The van der Waals surface area contributed by atoms with E-state index in [1.807, 2.05) is 0 Å². The number of benzene rings is 1. The van der Waals surface area contributed by atoms with E-state index in [2.05, 4.69) is 45.9 Å². The maximum atomic E-state index is 9.86. The van der Waals surface area contributed by atoms with Gasteiger partial charge in [0.05, 0.1) is 11.9 Å². The van der Waals surface area contributed by atoms with Crippen LogP contribution in [0.4, 0.5) is 17.5 Å². The van der Waals surface area contributed by atoms with Gasteiger partial charge in [0.1, 0.15) is 17.8 Å². The summed E-state index contributed by atoms with van der Waals surface area (Å²) in [5, 5.41) is 36.2. The molecule has 0 aliphatic carbocycles. The number of aromatic nitrogens is 5. The van der Waals surface area contributed by atoms with Crippen LogP contribution in [-0.4, -0.2) is 36.5 Å². The number of nitrogens with zero attached hydrogens (tertiary/aromatic N) is 8. The number of nitrogen functional groups attached to an aromatic ring is 1. The van der Waals surface area contributed by atoms with Gasteiger partial charge in [-0.2, -0.15) is 5.10 Å². The fraction of sp³-hybridized carbons (Fsp3) is 0.0833. The molecule has 3 rings (SSSR count). The molecule has 1 aromatic carbocycles. The van der Waals surface area contributed by atoms with Gasteiger partial charge in [-0.15, -0.1) is 20.4 Å². The molecule has 122 valence electrons. The highest BCUT2D eigenvalue weighted by molar-refractivity contribution is 5.85. The fourth-order valence-electron chi connectivity index (χ4n) is 1.61. The second-order valence-electron chi connectivity index (χ2n) is 4.55. The van der Waals surface area contributed by atoms with Crippen molar-refractivity contribution in [2.75, 3.05) is 11.3 Å². The molecule has 12 heteroatoms. The largest absolute Gasteiger partial charge is 0.507 e. The number of aromatic hydroxyl groups is 1. The molecule has 0 saturated heterocycles. The zero-order valence-corrected chi connectivity index (χ0v) is 12.4. The monoisotopic (exact) mass is 328 g/mol. The molecule has 2 heterocycles. The predicted molar refractivity (Wildman–Crippen MR) is 82.7 cm³/mol. The molecule has 0 saturated carbocycles. The van der Waals surface area contributed by atoms with Gasteiger partial charge in [0, 0.05) is 5.56 Å². The van der Waals surface area contributed by atoms with Crippen LogP contribution in [0.2, 0.25) is 0 Å². The van der Waals surface area contributed by atoms with Crippen molar-refractivity contribution in [2.24, 2.45) is 15.3 Å². The Balaban J connectivity index is 1.75. The predicted octanol–water partition coefficient (Wildman–Crippen LogP) is 1.25. The van der Waals surface area contributed by atoms with Gasteiger partial charge in [-0.3, -0.25) is 0 Å². The fourth-order valence-corrected chi connectivity index (χ4v) is 1.61. The molecule has 0 aliphatic heterocycles. The van der Waals surface area contributed by atoms with Crippen LogP contribution in [0.5, 0.6) is 5.75 Å². The smallest absolute Gasteiger partial charge is 0.263 e. The number of nitrogens with one attached hydrogen (secondary N) is 1. The van der Waals surface area contributed by atoms with Crippen molar-refractivity contribution in [1.29, 1.82) is 0 Å². The zero-order valence-electron chi connectivity index (χ0n) is 12.4. The lowest BCUT2D eigenvalue weighted by Gasteiger charge is -2.00. The number of phenolic OH excluding ortho intramolecular Hbond substituents is 1. The Morgan fingerprint density at radius 2 is 2.21 bits per heavy atom. The Morgan fingerprint density at radius 3 is 2.92 bits per heavy atom. The van der Waals surface area contributed by atoms with E-state index >= 15 is 0 Å². The summed E-state index contributed by atoms with van der Waals surface area (Å²) in [4.78, 5) is 0. The van der Waals surface area contributed by atoms with Crippen LogP contribution in [-0.2, 0) is 0 Å². The van der Waals surface area contributed by atoms with Gasteiger partial charge >= 0.3 is 0 Å². The van der Waals surface area contributed by atoms with Gasteiger partial charge in [0.25, 0.3) is 5.95 Å². The van der Waals surface area contributed by atoms with E-state index in [-0.39, 0.29) is 17.5 Å². The third-order valence-electron chi connectivity index (χ3n) is 2.84. The number of hydrazone groups is 1. The van der Waals surface area contributed by atoms with E-state index in [1.54, 1.807) is 19.1 Å². The van der Waals surface area contributed by atoms with Crippen molar-refractivity contribution in [1.82, 2.24) is 25.2 Å². The van der Waals surface area contributed by atoms with Gasteiger partial charge in [-0.25, -0.2) is 14.7 Å². The molecule has 0 unspecified atom stereocenters. The van der Waals surface area contributed by atoms with Gasteiger partial charge < -0.3 is 10.9 Å². The second kappa shape index (κ2) is 6.51. The summed E-state index contributed by atoms with van der Waals surface area (Å²) in [5.41, 5.74) is 4.01. The Morgan fingerprint density at radius 1 is 1.33 bits per heavy atom. The summed E-state index contributed by atoms with van der Waals surface area (Å²) in [5.74, 6) is 6.08. The van der Waals surface area contributed by atoms with Crippen LogP contribution in [0.1, 0.15) is 11.3 Å². The Bertz CT molecular complexity index is 897. The second-order valence-corrected chi connectivity index (χ2v) is 4.55. The normalized spacial score (nSPS) is 11.5. The number of phenols is 1. The van der Waals surface area contributed by atoms with E-state index in [4.69, 9.17) is 5.84 Å². The van der Waals surface area contributed by atoms with Gasteiger partial charge in [-0.1, -0.05) is 5.16 Å². The van der Waals surface area contributed by atoms with Crippen molar-refractivity contribution in [2.45, 2.75) is 6.92 Å². The summed E-state index contributed by atoms with van der Waals surface area (Å²) in [6.07, 6.45) is 2.70. The maximum absolute atomic E-state index is 9.86. The van der Waals surface area contributed by atoms with E-state index in [1.165, 1.54) is 18.6 Å². The number of azo groups is 1. The Kier molecular flexibility index (Phi) is 4.09. The molecular weight excluding hydrogens is 316 g/mol. The standard InChI is InChI=1S/C12H12N10O2/c1-7-11(21-24-20-7)17-16-9-2-3-10(23)8(4-9)5-14-18-12-19-15-6-22(12)13/h2-6,23H,13H2,1H3,(H,18,19). The minimum Gasteiger partial charge on any atom is -0.507 e. The summed E-state index contributed by atoms with van der Waals surface area (Å²) in [6.45, 7) is 1.70. The lowest BCUT2D eigenvalue weighted by Crippen LogP contribution is -2.10. The molecule has 12 nitrogen and oxygen atoms in total. The number of hydrogen-bond acceptors (Lipinski definition) is 11. The Labute approximate surface area is 134 Å². The topological polar surface area (TPSA) is 165 Å². The first kappa shape index (κ1) is 15.1. The number of rotatable bonds is 5. The molecule has 0 amide bonds. The van der Waals surface area contributed by atoms with Crippen molar-refractivity contribution >= 4 is 23.7 Å². The van der Waals surface area contributed by atoms with Crippen LogP contribution in [0.3, 0.4) is 0 Å². The first-order valence-corrected chi connectivity index (χ1v) is 6.61. The van der Waals surface area contributed by atoms with Gasteiger partial charge in [0.2, 0.25) is 5.82 Å². The minimum absolute atomic E-state index is 0.0213. The first-order valence-electron chi connectivity index (χ1n) is 6.61. The quantitative estimate of drug-likeness (QED) is 0.272. The third kappa shape index (κ3) is 3.32. The van der Waals surface area contributed by atoms with E-state index in [0.717, 1.165) is 4.68 Å². The number of anilines is 1. The number of aryl methyl sites for hydroxylation is 1. The molecule has 24 heavy (non-hydrogen) atoms. The molecule has 2 aromatic heterocycles. The lowest BCUT2D eigenvalue weighted by molar-refractivity contribution is 0.305. The average molecular weight is 328 g/mol.